The Morgan fingerprint density at radius 3 is 2.50 bits per heavy atom. The summed E-state index contributed by atoms with van der Waals surface area (Å²) in [5, 5.41) is 8.13. The second-order valence-electron chi connectivity index (χ2n) is 5.50. The van der Waals surface area contributed by atoms with Crippen molar-refractivity contribution in [3.05, 3.63) is 15.9 Å². The van der Waals surface area contributed by atoms with Gasteiger partial charge in [-0.2, -0.15) is 16.9 Å². The van der Waals surface area contributed by atoms with E-state index in [1.54, 1.807) is 0 Å². The van der Waals surface area contributed by atoms with Crippen LogP contribution < -0.4 is 5.32 Å². The Kier molecular flexibility index (Phi) is 8.22. The maximum Gasteiger partial charge on any atom is 0.0766 e. The molecule has 1 aromatic rings. The molecule has 0 amide bonds. The van der Waals surface area contributed by atoms with Crippen molar-refractivity contribution in [2.24, 2.45) is 5.92 Å². The SMILES string of the molecule is CCc1nn(CC)c(CC(CSCC(C)C)NC)c1Br. The van der Waals surface area contributed by atoms with Crippen molar-refractivity contribution in [2.75, 3.05) is 18.6 Å². The quantitative estimate of drug-likeness (QED) is 0.726. The number of rotatable bonds is 9. The highest BCUT2D eigenvalue weighted by Crippen LogP contribution is 2.24. The maximum absolute atomic E-state index is 4.68. The first-order valence-corrected chi connectivity index (χ1v) is 9.47. The molecule has 5 heteroatoms. The Bertz CT molecular complexity index is 404. The van der Waals surface area contributed by atoms with E-state index in [2.05, 4.69) is 65.8 Å². The first-order valence-electron chi connectivity index (χ1n) is 7.52. The van der Waals surface area contributed by atoms with Crippen LogP contribution in [0.4, 0.5) is 0 Å². The summed E-state index contributed by atoms with van der Waals surface area (Å²) in [4.78, 5) is 0. The maximum atomic E-state index is 4.68. The molecule has 3 nitrogen and oxygen atoms in total. The van der Waals surface area contributed by atoms with Gasteiger partial charge in [0.15, 0.2) is 0 Å². The van der Waals surface area contributed by atoms with Gasteiger partial charge in [0.2, 0.25) is 0 Å². The van der Waals surface area contributed by atoms with Crippen LogP contribution in [-0.4, -0.2) is 34.4 Å². The Balaban J connectivity index is 2.71. The zero-order chi connectivity index (χ0) is 15.1. The fourth-order valence-electron chi connectivity index (χ4n) is 2.14. The predicted octanol–water partition coefficient (Wildman–Crippen LogP) is 3.75. The van der Waals surface area contributed by atoms with Crippen molar-refractivity contribution in [2.45, 2.75) is 53.1 Å². The van der Waals surface area contributed by atoms with Crippen molar-refractivity contribution in [1.82, 2.24) is 15.1 Å². The molecule has 0 radical (unpaired) electrons. The number of nitrogens with one attached hydrogen (secondary N) is 1. The van der Waals surface area contributed by atoms with Crippen LogP contribution in [0, 0.1) is 5.92 Å². The molecule has 0 spiro atoms. The summed E-state index contributed by atoms with van der Waals surface area (Å²) in [6, 6.07) is 0.502. The topological polar surface area (TPSA) is 29.9 Å². The third-order valence-electron chi connectivity index (χ3n) is 3.31. The minimum atomic E-state index is 0.502. The van der Waals surface area contributed by atoms with Gasteiger partial charge in [-0.25, -0.2) is 0 Å². The van der Waals surface area contributed by atoms with Gasteiger partial charge in [0, 0.05) is 24.8 Å². The summed E-state index contributed by atoms with van der Waals surface area (Å²) in [7, 11) is 2.06. The largest absolute Gasteiger partial charge is 0.316 e. The van der Waals surface area contributed by atoms with Gasteiger partial charge in [0.25, 0.3) is 0 Å². The van der Waals surface area contributed by atoms with Gasteiger partial charge >= 0.3 is 0 Å². The summed E-state index contributed by atoms with van der Waals surface area (Å²) in [6.45, 7) is 9.80. The molecular formula is C15H28BrN3S. The Morgan fingerprint density at radius 1 is 1.30 bits per heavy atom. The number of hydrogen-bond acceptors (Lipinski definition) is 3. The van der Waals surface area contributed by atoms with Crippen LogP contribution in [-0.2, 0) is 19.4 Å². The highest BCUT2D eigenvalue weighted by Gasteiger charge is 2.17. The highest BCUT2D eigenvalue weighted by molar-refractivity contribution is 9.10. The van der Waals surface area contributed by atoms with E-state index in [0.717, 1.165) is 31.1 Å². The number of likely N-dealkylation sites (N-methyl/N-ethyl adjacent to an activating group) is 1. The van der Waals surface area contributed by atoms with Crippen molar-refractivity contribution in [3.63, 3.8) is 0 Å². The zero-order valence-electron chi connectivity index (χ0n) is 13.4. The molecule has 1 unspecified atom stereocenters. The molecule has 0 saturated heterocycles. The smallest absolute Gasteiger partial charge is 0.0766 e. The number of aromatic nitrogens is 2. The van der Waals surface area contributed by atoms with Crippen LogP contribution in [0.2, 0.25) is 0 Å². The van der Waals surface area contributed by atoms with Gasteiger partial charge in [-0.05, 0) is 48.0 Å². The lowest BCUT2D eigenvalue weighted by Gasteiger charge is -2.17. The number of halogens is 1. The lowest BCUT2D eigenvalue weighted by molar-refractivity contribution is 0.554. The summed E-state index contributed by atoms with van der Waals surface area (Å²) >= 11 is 5.77. The minimum Gasteiger partial charge on any atom is -0.316 e. The first kappa shape index (κ1) is 18.1. The third-order valence-corrected chi connectivity index (χ3v) is 5.77. The normalized spacial score (nSPS) is 13.2. The van der Waals surface area contributed by atoms with E-state index in [0.29, 0.717) is 6.04 Å². The lowest BCUT2D eigenvalue weighted by atomic mass is 10.1. The molecule has 1 heterocycles. The van der Waals surface area contributed by atoms with Gasteiger partial charge in [0.05, 0.1) is 15.9 Å². The van der Waals surface area contributed by atoms with E-state index in [9.17, 15) is 0 Å². The molecule has 1 atom stereocenters. The second kappa shape index (κ2) is 9.11. The van der Waals surface area contributed by atoms with Crippen LogP contribution in [0.5, 0.6) is 0 Å². The molecule has 0 aromatic carbocycles. The monoisotopic (exact) mass is 361 g/mol. The van der Waals surface area contributed by atoms with Crippen LogP contribution >= 0.6 is 27.7 Å². The Morgan fingerprint density at radius 2 is 2.00 bits per heavy atom. The minimum absolute atomic E-state index is 0.502. The molecule has 1 rings (SSSR count). The van der Waals surface area contributed by atoms with E-state index < -0.39 is 0 Å². The fraction of sp³-hybridized carbons (Fsp3) is 0.800. The van der Waals surface area contributed by atoms with Gasteiger partial charge < -0.3 is 5.32 Å². The van der Waals surface area contributed by atoms with Gasteiger partial charge in [-0.1, -0.05) is 20.8 Å². The van der Waals surface area contributed by atoms with Crippen molar-refractivity contribution < 1.29 is 0 Å². The molecule has 0 aliphatic heterocycles. The second-order valence-corrected chi connectivity index (χ2v) is 7.37. The predicted molar refractivity (Wildman–Crippen MR) is 93.7 cm³/mol. The summed E-state index contributed by atoms with van der Waals surface area (Å²) in [5.74, 6) is 3.14. The molecule has 0 aliphatic carbocycles. The van der Waals surface area contributed by atoms with E-state index in [4.69, 9.17) is 0 Å². The fourth-order valence-corrected chi connectivity index (χ4v) is 4.04. The summed E-state index contributed by atoms with van der Waals surface area (Å²) in [5.41, 5.74) is 2.50. The van der Waals surface area contributed by atoms with Gasteiger partial charge in [-0.3, -0.25) is 4.68 Å². The standard InChI is InChI=1S/C15H28BrN3S/c1-6-13-15(16)14(19(7-2)18-13)8-12(17-5)10-20-9-11(3)4/h11-12,17H,6-10H2,1-5H3. The van der Waals surface area contributed by atoms with E-state index in [1.165, 1.54) is 21.6 Å². The van der Waals surface area contributed by atoms with Gasteiger partial charge in [-0.15, -0.1) is 0 Å². The third kappa shape index (κ3) is 5.08. The summed E-state index contributed by atoms with van der Waals surface area (Å²) in [6.07, 6.45) is 2.01. The molecule has 0 aliphatic rings. The van der Waals surface area contributed by atoms with E-state index in [-0.39, 0.29) is 0 Å². The zero-order valence-corrected chi connectivity index (χ0v) is 15.8. The van der Waals surface area contributed by atoms with E-state index in [1.807, 2.05) is 11.8 Å². The van der Waals surface area contributed by atoms with Crippen LogP contribution in [0.3, 0.4) is 0 Å². The van der Waals surface area contributed by atoms with Crippen molar-refractivity contribution in [3.8, 4) is 0 Å². The molecule has 20 heavy (non-hydrogen) atoms. The molecule has 116 valence electrons. The number of nitrogens with zero attached hydrogens (tertiary/aromatic N) is 2. The number of thioether (sulfide) groups is 1. The summed E-state index contributed by atoms with van der Waals surface area (Å²) < 4.78 is 3.34. The van der Waals surface area contributed by atoms with E-state index >= 15 is 0 Å². The van der Waals surface area contributed by atoms with Gasteiger partial charge in [0.1, 0.15) is 0 Å². The number of hydrogen-bond donors (Lipinski definition) is 1. The van der Waals surface area contributed by atoms with Crippen LogP contribution in [0.25, 0.3) is 0 Å². The molecule has 0 fully saturated rings. The Labute approximate surface area is 136 Å². The molecular weight excluding hydrogens is 334 g/mol. The highest BCUT2D eigenvalue weighted by atomic mass is 79.9. The lowest BCUT2D eigenvalue weighted by Crippen LogP contribution is -2.31. The Hall–Kier alpha value is -0.0000000000000000555. The molecule has 1 aromatic heterocycles. The number of aryl methyl sites for hydroxylation is 2. The molecule has 1 N–H and O–H groups in total. The van der Waals surface area contributed by atoms with Crippen LogP contribution in [0.1, 0.15) is 39.1 Å². The average molecular weight is 362 g/mol. The first-order chi connectivity index (χ1) is 9.53. The average Bonchev–Trinajstić information content (AvgIpc) is 2.73. The van der Waals surface area contributed by atoms with Crippen molar-refractivity contribution in [1.29, 1.82) is 0 Å². The molecule has 0 saturated carbocycles. The van der Waals surface area contributed by atoms with Crippen LogP contribution in [0.15, 0.2) is 4.47 Å². The molecule has 0 bridgehead atoms. The van der Waals surface area contributed by atoms with Crippen molar-refractivity contribution >= 4 is 27.7 Å².